The quantitative estimate of drug-likeness (QED) is 0.413. The third kappa shape index (κ3) is 8.54. The van der Waals surface area contributed by atoms with Crippen molar-refractivity contribution < 1.29 is 18.1 Å². The fourth-order valence-electron chi connectivity index (χ4n) is 1.67. The molecular weight excluding hydrogens is 242 g/mol. The summed E-state index contributed by atoms with van der Waals surface area (Å²) in [6.07, 6.45) is 5.54. The largest absolute Gasteiger partial charge is 0.391 e. The van der Waals surface area contributed by atoms with Crippen LogP contribution in [-0.2, 0) is 10.1 Å². The van der Waals surface area contributed by atoms with E-state index in [0.717, 1.165) is 19.3 Å². The van der Waals surface area contributed by atoms with Gasteiger partial charge in [0.2, 0.25) is 0 Å². The van der Waals surface area contributed by atoms with Gasteiger partial charge < -0.3 is 5.11 Å². The number of aliphatic hydroxyl groups is 1. The second-order valence-electron chi connectivity index (χ2n) is 4.40. The van der Waals surface area contributed by atoms with Crippen molar-refractivity contribution in [3.63, 3.8) is 0 Å². The van der Waals surface area contributed by atoms with E-state index in [4.69, 9.17) is 4.55 Å². The fraction of sp³-hybridized carbons (Fsp3) is 1.00. The molecule has 0 aliphatic carbocycles. The molecular formula is C11H25NO4S. The summed E-state index contributed by atoms with van der Waals surface area (Å²) in [4.78, 5) is 0. The Hall–Kier alpha value is -0.170. The van der Waals surface area contributed by atoms with Gasteiger partial charge in [-0.2, -0.15) is 8.42 Å². The summed E-state index contributed by atoms with van der Waals surface area (Å²) in [5.41, 5.74) is 0. The molecule has 17 heavy (non-hydrogen) atoms. The van der Waals surface area contributed by atoms with Gasteiger partial charge in [0.15, 0.2) is 5.37 Å². The van der Waals surface area contributed by atoms with E-state index in [0.29, 0.717) is 6.54 Å². The highest BCUT2D eigenvalue weighted by Crippen LogP contribution is 2.05. The first kappa shape index (κ1) is 16.8. The normalized spacial score (nSPS) is 15.8. The predicted octanol–water partition coefficient (Wildman–Crippen LogP) is 1.53. The lowest BCUT2D eigenvalue weighted by Crippen LogP contribution is -2.44. The van der Waals surface area contributed by atoms with Gasteiger partial charge >= 0.3 is 0 Å². The SMILES string of the molecule is CCCCCCCCNC(C(C)O)S(=O)(=O)O. The Labute approximate surface area is 104 Å². The Morgan fingerprint density at radius 2 is 1.65 bits per heavy atom. The summed E-state index contributed by atoms with van der Waals surface area (Å²) in [6.45, 7) is 3.98. The Bertz CT molecular complexity index is 277. The Balaban J connectivity index is 3.71. The van der Waals surface area contributed by atoms with Crippen molar-refractivity contribution in [3.05, 3.63) is 0 Å². The third-order valence-corrected chi connectivity index (χ3v) is 3.84. The van der Waals surface area contributed by atoms with Gasteiger partial charge in [0, 0.05) is 0 Å². The highest BCUT2D eigenvalue weighted by Gasteiger charge is 2.26. The summed E-state index contributed by atoms with van der Waals surface area (Å²) >= 11 is 0. The summed E-state index contributed by atoms with van der Waals surface area (Å²) in [5.74, 6) is 0. The van der Waals surface area contributed by atoms with Crippen LogP contribution in [0.15, 0.2) is 0 Å². The van der Waals surface area contributed by atoms with Gasteiger partial charge in [-0.15, -0.1) is 0 Å². The van der Waals surface area contributed by atoms with Crippen LogP contribution in [0.4, 0.5) is 0 Å². The van der Waals surface area contributed by atoms with Crippen LogP contribution in [0.25, 0.3) is 0 Å². The van der Waals surface area contributed by atoms with Gasteiger partial charge in [-0.05, 0) is 19.9 Å². The average molecular weight is 267 g/mol. The Kier molecular flexibility index (Phi) is 8.77. The van der Waals surface area contributed by atoms with E-state index in [9.17, 15) is 13.5 Å². The Morgan fingerprint density at radius 1 is 1.12 bits per heavy atom. The lowest BCUT2D eigenvalue weighted by Gasteiger charge is -2.18. The predicted molar refractivity (Wildman–Crippen MR) is 68.4 cm³/mol. The minimum absolute atomic E-state index is 0.488. The van der Waals surface area contributed by atoms with Crippen molar-refractivity contribution in [2.45, 2.75) is 63.9 Å². The second-order valence-corrected chi connectivity index (χ2v) is 5.94. The number of rotatable bonds is 10. The molecule has 0 saturated carbocycles. The minimum atomic E-state index is -4.23. The summed E-state index contributed by atoms with van der Waals surface area (Å²) in [6, 6.07) is 0. The molecule has 0 aliphatic rings. The molecule has 0 aromatic heterocycles. The average Bonchev–Trinajstić information content (AvgIpc) is 2.19. The van der Waals surface area contributed by atoms with Crippen LogP contribution in [0, 0.1) is 0 Å². The van der Waals surface area contributed by atoms with Crippen LogP contribution in [0.1, 0.15) is 52.4 Å². The number of aliphatic hydroxyl groups excluding tert-OH is 1. The highest BCUT2D eigenvalue weighted by atomic mass is 32.2. The van der Waals surface area contributed by atoms with Gasteiger partial charge in [-0.1, -0.05) is 39.0 Å². The minimum Gasteiger partial charge on any atom is -0.391 e. The second kappa shape index (κ2) is 8.85. The molecule has 0 aliphatic heterocycles. The van der Waals surface area contributed by atoms with Crippen LogP contribution in [-0.4, -0.2) is 36.1 Å². The van der Waals surface area contributed by atoms with Gasteiger partial charge in [-0.25, -0.2) is 0 Å². The summed E-state index contributed by atoms with van der Waals surface area (Å²) in [7, 11) is -4.23. The van der Waals surface area contributed by atoms with Crippen molar-refractivity contribution >= 4 is 10.1 Å². The summed E-state index contributed by atoms with van der Waals surface area (Å²) < 4.78 is 30.7. The smallest absolute Gasteiger partial charge is 0.283 e. The maximum atomic E-state index is 10.9. The standard InChI is InChI=1S/C11H25NO4S/c1-3-4-5-6-7-8-9-12-11(10(2)13)17(14,15)16/h10-13H,3-9H2,1-2H3,(H,14,15,16). The van der Waals surface area contributed by atoms with E-state index >= 15 is 0 Å². The molecule has 0 spiro atoms. The maximum absolute atomic E-state index is 10.9. The van der Waals surface area contributed by atoms with Crippen LogP contribution in [0.5, 0.6) is 0 Å². The van der Waals surface area contributed by atoms with Gasteiger partial charge in [0.1, 0.15) is 0 Å². The molecule has 0 aromatic rings. The molecule has 5 nitrogen and oxygen atoms in total. The fourth-order valence-corrected chi connectivity index (χ4v) is 2.50. The molecule has 0 saturated heterocycles. The number of nitrogens with one attached hydrogen (secondary N) is 1. The molecule has 2 unspecified atom stereocenters. The zero-order valence-corrected chi connectivity index (χ0v) is 11.5. The zero-order valence-electron chi connectivity index (χ0n) is 10.7. The number of hydrogen-bond donors (Lipinski definition) is 3. The lowest BCUT2D eigenvalue weighted by molar-refractivity contribution is 0.170. The molecule has 0 rings (SSSR count). The van der Waals surface area contributed by atoms with Crippen LogP contribution < -0.4 is 5.32 Å². The van der Waals surface area contributed by atoms with Gasteiger partial charge in [0.25, 0.3) is 10.1 Å². The highest BCUT2D eigenvalue weighted by molar-refractivity contribution is 7.86. The lowest BCUT2D eigenvalue weighted by atomic mass is 10.1. The van der Waals surface area contributed by atoms with Gasteiger partial charge in [0.05, 0.1) is 6.10 Å². The molecule has 0 amide bonds. The monoisotopic (exact) mass is 267 g/mol. The van der Waals surface area contributed by atoms with Crippen molar-refractivity contribution in [2.24, 2.45) is 0 Å². The zero-order chi connectivity index (χ0) is 13.3. The van der Waals surface area contributed by atoms with E-state index in [1.165, 1.54) is 26.2 Å². The van der Waals surface area contributed by atoms with Crippen molar-refractivity contribution in [3.8, 4) is 0 Å². The van der Waals surface area contributed by atoms with Crippen molar-refractivity contribution in [2.75, 3.05) is 6.54 Å². The van der Waals surface area contributed by atoms with Crippen molar-refractivity contribution in [1.82, 2.24) is 5.32 Å². The summed E-state index contributed by atoms with van der Waals surface area (Å²) in [5, 5.41) is 10.6. The molecule has 0 fully saturated rings. The molecule has 3 N–H and O–H groups in total. The molecule has 2 atom stereocenters. The van der Waals surface area contributed by atoms with Gasteiger partial charge in [-0.3, -0.25) is 9.87 Å². The van der Waals surface area contributed by atoms with E-state index in [1.54, 1.807) is 0 Å². The van der Waals surface area contributed by atoms with E-state index in [1.807, 2.05) is 0 Å². The van der Waals surface area contributed by atoms with Crippen LogP contribution in [0.3, 0.4) is 0 Å². The molecule has 6 heteroatoms. The molecule has 0 bridgehead atoms. The maximum Gasteiger partial charge on any atom is 0.283 e. The molecule has 0 heterocycles. The first-order valence-electron chi connectivity index (χ1n) is 6.27. The Morgan fingerprint density at radius 3 is 2.12 bits per heavy atom. The number of hydrogen-bond acceptors (Lipinski definition) is 4. The van der Waals surface area contributed by atoms with E-state index < -0.39 is 21.6 Å². The molecule has 0 aromatic carbocycles. The topological polar surface area (TPSA) is 86.6 Å². The van der Waals surface area contributed by atoms with Crippen LogP contribution >= 0.6 is 0 Å². The van der Waals surface area contributed by atoms with E-state index in [-0.39, 0.29) is 0 Å². The van der Waals surface area contributed by atoms with E-state index in [2.05, 4.69) is 12.2 Å². The molecule has 104 valence electrons. The first-order chi connectivity index (χ1) is 7.89. The number of unbranched alkanes of at least 4 members (excludes halogenated alkanes) is 5. The van der Waals surface area contributed by atoms with Crippen molar-refractivity contribution in [1.29, 1.82) is 0 Å². The first-order valence-corrected chi connectivity index (χ1v) is 7.77. The molecule has 0 radical (unpaired) electrons. The third-order valence-electron chi connectivity index (χ3n) is 2.63. The van der Waals surface area contributed by atoms with Crippen LogP contribution in [0.2, 0.25) is 0 Å².